The molecule has 0 aliphatic heterocycles. The van der Waals surface area contributed by atoms with Crippen molar-refractivity contribution >= 4 is 33.7 Å². The molecular weight excluding hydrogens is 564 g/mol. The summed E-state index contributed by atoms with van der Waals surface area (Å²) in [6.45, 7) is 5.37. The van der Waals surface area contributed by atoms with E-state index in [-0.39, 0.29) is 17.4 Å². The van der Waals surface area contributed by atoms with Gasteiger partial charge in [-0.25, -0.2) is 13.8 Å². The number of ether oxygens (including phenoxy) is 1. The lowest BCUT2D eigenvalue weighted by Crippen LogP contribution is -2.40. The third-order valence-corrected chi connectivity index (χ3v) is 8.29. The highest BCUT2D eigenvalue weighted by molar-refractivity contribution is 7.92. The third-order valence-electron chi connectivity index (χ3n) is 6.51. The lowest BCUT2D eigenvalue weighted by Gasteiger charge is -2.25. The maximum absolute atomic E-state index is 13.6. The highest BCUT2D eigenvalue weighted by Gasteiger charge is 2.28. The quantitative estimate of drug-likeness (QED) is 0.182. The van der Waals surface area contributed by atoms with E-state index in [0.717, 1.165) is 21.0 Å². The zero-order valence-corrected chi connectivity index (χ0v) is 25.1. The lowest BCUT2D eigenvalue weighted by molar-refractivity contribution is -0.123. The molecule has 0 saturated carbocycles. The molecule has 43 heavy (non-hydrogen) atoms. The van der Waals surface area contributed by atoms with E-state index >= 15 is 0 Å². The zero-order chi connectivity index (χ0) is 30.8. The standard InChI is InChI=1S/C33H34N4O5S/c1-24-10-17-30(18-11-24)43(40,41)37(31-19-25(2)9-12-26(31)3)22-32(38)36-35-21-28-13-15-29(16-14-28)42-23-33(39)34-20-27-7-5-4-6-8-27/h4-19,21H,20,22-23H2,1-3H3,(H,34,39)(H,36,38)/b35-21-. The molecule has 2 N–H and O–H groups in total. The fourth-order valence-corrected chi connectivity index (χ4v) is 5.59. The summed E-state index contributed by atoms with van der Waals surface area (Å²) in [5.41, 5.74) is 7.01. The molecule has 0 bridgehead atoms. The first-order valence-electron chi connectivity index (χ1n) is 13.6. The number of hydrazone groups is 1. The molecule has 0 atom stereocenters. The summed E-state index contributed by atoms with van der Waals surface area (Å²) >= 11 is 0. The molecule has 0 heterocycles. The molecule has 2 amide bonds. The smallest absolute Gasteiger partial charge is 0.264 e. The molecule has 0 saturated heterocycles. The van der Waals surface area contributed by atoms with Gasteiger partial charge in [-0.1, -0.05) is 60.2 Å². The van der Waals surface area contributed by atoms with Gasteiger partial charge in [-0.05, 0) is 85.5 Å². The number of nitrogens with one attached hydrogen (secondary N) is 2. The topological polar surface area (TPSA) is 117 Å². The SMILES string of the molecule is Cc1ccc(S(=O)(=O)N(CC(=O)N/N=C\c2ccc(OCC(=O)NCc3ccccc3)cc2)c2cc(C)ccc2C)cc1. The van der Waals surface area contributed by atoms with Gasteiger partial charge >= 0.3 is 0 Å². The van der Waals surface area contributed by atoms with Crippen LogP contribution in [0, 0.1) is 20.8 Å². The molecule has 0 fully saturated rings. The largest absolute Gasteiger partial charge is 0.484 e. The Hall–Kier alpha value is -4.96. The van der Waals surface area contributed by atoms with Crippen molar-refractivity contribution in [3.63, 3.8) is 0 Å². The van der Waals surface area contributed by atoms with Gasteiger partial charge in [0.05, 0.1) is 16.8 Å². The molecular formula is C33H34N4O5S. The van der Waals surface area contributed by atoms with Crippen LogP contribution in [0.15, 0.2) is 107 Å². The Morgan fingerprint density at radius 2 is 1.51 bits per heavy atom. The maximum Gasteiger partial charge on any atom is 0.264 e. The van der Waals surface area contributed by atoms with Gasteiger partial charge in [0.25, 0.3) is 21.8 Å². The molecule has 4 aromatic carbocycles. The number of aryl methyl sites for hydroxylation is 3. The monoisotopic (exact) mass is 598 g/mol. The van der Waals surface area contributed by atoms with Crippen molar-refractivity contribution in [2.45, 2.75) is 32.2 Å². The second kappa shape index (κ2) is 14.3. The van der Waals surface area contributed by atoms with E-state index in [9.17, 15) is 18.0 Å². The van der Waals surface area contributed by atoms with Gasteiger partial charge in [0.2, 0.25) is 0 Å². The average molecular weight is 599 g/mol. The van der Waals surface area contributed by atoms with Gasteiger partial charge in [-0.3, -0.25) is 13.9 Å². The predicted molar refractivity (Wildman–Crippen MR) is 168 cm³/mol. The minimum atomic E-state index is -4.04. The number of anilines is 1. The second-order valence-electron chi connectivity index (χ2n) is 10.0. The fourth-order valence-electron chi connectivity index (χ4n) is 4.12. The van der Waals surface area contributed by atoms with Gasteiger partial charge in [0.1, 0.15) is 12.3 Å². The van der Waals surface area contributed by atoms with Crippen molar-refractivity contribution in [2.24, 2.45) is 5.10 Å². The molecule has 9 nitrogen and oxygen atoms in total. The molecule has 0 radical (unpaired) electrons. The van der Waals surface area contributed by atoms with Crippen molar-refractivity contribution in [3.05, 3.63) is 125 Å². The van der Waals surface area contributed by atoms with Gasteiger partial charge in [0.15, 0.2) is 6.61 Å². The van der Waals surface area contributed by atoms with Gasteiger partial charge in [-0.2, -0.15) is 5.10 Å². The number of hydrogen-bond acceptors (Lipinski definition) is 6. The van der Waals surface area contributed by atoms with Crippen molar-refractivity contribution in [3.8, 4) is 5.75 Å². The number of benzene rings is 4. The Labute approximate surface area is 252 Å². The summed E-state index contributed by atoms with van der Waals surface area (Å²) in [6, 6.07) is 28.3. The van der Waals surface area contributed by atoms with E-state index in [4.69, 9.17) is 4.74 Å². The zero-order valence-electron chi connectivity index (χ0n) is 24.3. The molecule has 0 unspecified atom stereocenters. The van der Waals surface area contributed by atoms with Crippen LogP contribution in [0.3, 0.4) is 0 Å². The third kappa shape index (κ3) is 8.76. The number of hydrogen-bond donors (Lipinski definition) is 2. The minimum Gasteiger partial charge on any atom is -0.484 e. The average Bonchev–Trinajstić information content (AvgIpc) is 3.00. The fraction of sp³-hybridized carbons (Fsp3) is 0.182. The van der Waals surface area contributed by atoms with Crippen LogP contribution in [0.25, 0.3) is 0 Å². The van der Waals surface area contributed by atoms with Gasteiger partial charge in [0, 0.05) is 6.54 Å². The van der Waals surface area contributed by atoms with Crippen LogP contribution >= 0.6 is 0 Å². The number of sulfonamides is 1. The van der Waals surface area contributed by atoms with Gasteiger partial charge < -0.3 is 10.1 Å². The number of rotatable bonds is 12. The summed E-state index contributed by atoms with van der Waals surface area (Å²) in [5.74, 6) is -0.340. The van der Waals surface area contributed by atoms with Gasteiger partial charge in [-0.15, -0.1) is 0 Å². The van der Waals surface area contributed by atoms with E-state index in [1.807, 2.05) is 56.3 Å². The summed E-state index contributed by atoms with van der Waals surface area (Å²) < 4.78 is 33.9. The highest BCUT2D eigenvalue weighted by Crippen LogP contribution is 2.28. The highest BCUT2D eigenvalue weighted by atomic mass is 32.2. The summed E-state index contributed by atoms with van der Waals surface area (Å²) in [5, 5.41) is 6.80. The van der Waals surface area contributed by atoms with Crippen LogP contribution in [0.2, 0.25) is 0 Å². The summed E-state index contributed by atoms with van der Waals surface area (Å²) in [4.78, 5) is 25.1. The molecule has 0 spiro atoms. The molecule has 4 rings (SSSR count). The van der Waals surface area contributed by atoms with Crippen LogP contribution in [0.5, 0.6) is 5.75 Å². The Morgan fingerprint density at radius 3 is 2.21 bits per heavy atom. The van der Waals surface area contributed by atoms with E-state index in [2.05, 4.69) is 15.8 Å². The van der Waals surface area contributed by atoms with Crippen molar-refractivity contribution in [1.29, 1.82) is 0 Å². The van der Waals surface area contributed by atoms with Crippen LogP contribution in [0.1, 0.15) is 27.8 Å². The number of nitrogens with zero attached hydrogens (tertiary/aromatic N) is 2. The van der Waals surface area contributed by atoms with Crippen molar-refractivity contribution in [1.82, 2.24) is 10.7 Å². The van der Waals surface area contributed by atoms with E-state index in [0.29, 0.717) is 29.1 Å². The predicted octanol–water partition coefficient (Wildman–Crippen LogP) is 4.65. The Morgan fingerprint density at radius 1 is 0.837 bits per heavy atom. The first-order valence-corrected chi connectivity index (χ1v) is 15.1. The van der Waals surface area contributed by atoms with Crippen LogP contribution in [0.4, 0.5) is 5.69 Å². The summed E-state index contributed by atoms with van der Waals surface area (Å²) in [6.07, 6.45) is 1.44. The Balaban J connectivity index is 1.35. The van der Waals surface area contributed by atoms with Crippen molar-refractivity contribution < 1.29 is 22.7 Å². The van der Waals surface area contributed by atoms with E-state index in [1.54, 1.807) is 49.4 Å². The van der Waals surface area contributed by atoms with Crippen LogP contribution in [-0.2, 0) is 26.2 Å². The first kappa shape index (κ1) is 31.0. The molecule has 0 aliphatic rings. The second-order valence-corrected chi connectivity index (χ2v) is 11.9. The van der Waals surface area contributed by atoms with Crippen LogP contribution in [-0.4, -0.2) is 39.6 Å². The number of amides is 2. The maximum atomic E-state index is 13.6. The Bertz CT molecular complexity index is 1690. The molecule has 0 aromatic heterocycles. The molecule has 4 aromatic rings. The summed E-state index contributed by atoms with van der Waals surface area (Å²) in [7, 11) is -4.04. The lowest BCUT2D eigenvalue weighted by atomic mass is 10.1. The van der Waals surface area contributed by atoms with E-state index < -0.39 is 22.5 Å². The number of carbonyl (C=O) groups excluding carboxylic acids is 2. The minimum absolute atomic E-state index is 0.0892. The number of carbonyl (C=O) groups is 2. The first-order chi connectivity index (χ1) is 20.6. The molecule has 222 valence electrons. The van der Waals surface area contributed by atoms with E-state index in [1.165, 1.54) is 18.3 Å². The van der Waals surface area contributed by atoms with Crippen molar-refractivity contribution in [2.75, 3.05) is 17.5 Å². The molecule has 10 heteroatoms. The normalized spacial score (nSPS) is 11.2. The van der Waals surface area contributed by atoms with Crippen LogP contribution < -0.4 is 19.8 Å². The molecule has 0 aliphatic carbocycles. The Kier molecular flexibility index (Phi) is 10.3.